The van der Waals surface area contributed by atoms with Crippen LogP contribution in [0.2, 0.25) is 0 Å². The number of nitrogens with zero attached hydrogens (tertiary/aromatic N) is 3. The predicted octanol–water partition coefficient (Wildman–Crippen LogP) is 5.34. The molecule has 1 amide bonds. The Morgan fingerprint density at radius 2 is 1.66 bits per heavy atom. The lowest BCUT2D eigenvalue weighted by molar-refractivity contribution is 0.0729. The molecule has 0 aliphatic rings. The van der Waals surface area contributed by atoms with E-state index in [1.807, 2.05) is 36.4 Å². The number of amides is 1. The number of fused-ring (bicyclic) bond motifs is 1. The molecule has 2 aromatic heterocycles. The first-order valence-electron chi connectivity index (χ1n) is 11.0. The van der Waals surface area contributed by atoms with E-state index in [1.54, 1.807) is 42.2 Å². The number of thiazole rings is 1. The predicted molar refractivity (Wildman–Crippen MR) is 135 cm³/mol. The summed E-state index contributed by atoms with van der Waals surface area (Å²) in [5.41, 5.74) is 2.62. The summed E-state index contributed by atoms with van der Waals surface area (Å²) in [5.74, 6) is -0.142. The summed E-state index contributed by atoms with van der Waals surface area (Å²) >= 11 is 1.26. The molecular weight excluding hydrogens is 463 g/mol. The van der Waals surface area contributed by atoms with Crippen LogP contribution in [0.4, 0.5) is 4.39 Å². The average molecular weight is 485 g/mol. The molecule has 0 spiro atoms. The summed E-state index contributed by atoms with van der Waals surface area (Å²) < 4.78 is 13.4. The number of halogens is 1. The van der Waals surface area contributed by atoms with Gasteiger partial charge in [0.05, 0.1) is 23.1 Å². The Kier molecular flexibility index (Phi) is 6.20. The number of aryl methyl sites for hydroxylation is 1. The van der Waals surface area contributed by atoms with Crippen molar-refractivity contribution in [3.63, 3.8) is 0 Å². The number of carbonyl (C=O) groups is 1. The van der Waals surface area contributed by atoms with Gasteiger partial charge >= 0.3 is 0 Å². The number of para-hydroxylation sites is 1. The Balaban J connectivity index is 1.50. The van der Waals surface area contributed by atoms with Gasteiger partial charge in [0.2, 0.25) is 0 Å². The maximum absolute atomic E-state index is 13.7. The number of rotatable bonds is 6. The van der Waals surface area contributed by atoms with E-state index >= 15 is 0 Å². The number of aromatic nitrogens is 3. The van der Waals surface area contributed by atoms with Crippen LogP contribution < -0.4 is 5.56 Å². The van der Waals surface area contributed by atoms with E-state index in [1.165, 1.54) is 23.5 Å². The molecule has 0 aliphatic heterocycles. The summed E-state index contributed by atoms with van der Waals surface area (Å²) in [6, 6.07) is 22.8. The second kappa shape index (κ2) is 9.60. The van der Waals surface area contributed by atoms with Gasteiger partial charge in [-0.2, -0.15) is 0 Å². The standard InChI is InChI=1S/C27H21FN4O2S/c1-17-24(35-26(29-17)19-11-13-20(28)14-12-19)27(34)32(15-18-7-3-2-4-8-18)16-23-30-22-10-6-5-9-21(22)25(33)31-23/h2-14H,15-16H2,1H3,(H,30,31,33). The van der Waals surface area contributed by atoms with Gasteiger partial charge in [0.1, 0.15) is 21.5 Å². The third-order valence-electron chi connectivity index (χ3n) is 5.59. The molecular formula is C27H21FN4O2S. The first-order valence-corrected chi connectivity index (χ1v) is 11.8. The minimum absolute atomic E-state index is 0.122. The fourth-order valence-electron chi connectivity index (χ4n) is 3.85. The second-order valence-electron chi connectivity index (χ2n) is 8.12. The zero-order chi connectivity index (χ0) is 24.4. The highest BCUT2D eigenvalue weighted by Crippen LogP contribution is 2.29. The molecule has 5 aromatic rings. The summed E-state index contributed by atoms with van der Waals surface area (Å²) in [6.07, 6.45) is 0. The van der Waals surface area contributed by atoms with E-state index in [-0.39, 0.29) is 23.8 Å². The zero-order valence-corrected chi connectivity index (χ0v) is 19.7. The molecule has 0 saturated carbocycles. The van der Waals surface area contributed by atoms with Gasteiger partial charge in [0.25, 0.3) is 11.5 Å². The van der Waals surface area contributed by atoms with E-state index in [4.69, 9.17) is 0 Å². The lowest BCUT2D eigenvalue weighted by Crippen LogP contribution is -2.31. The summed E-state index contributed by atoms with van der Waals surface area (Å²) in [7, 11) is 0. The molecule has 0 atom stereocenters. The summed E-state index contributed by atoms with van der Waals surface area (Å²) in [5, 5.41) is 1.14. The number of nitrogens with one attached hydrogen (secondary N) is 1. The van der Waals surface area contributed by atoms with Crippen LogP contribution in [0.25, 0.3) is 21.5 Å². The average Bonchev–Trinajstić information content (AvgIpc) is 3.26. The van der Waals surface area contributed by atoms with Crippen LogP contribution >= 0.6 is 11.3 Å². The first-order chi connectivity index (χ1) is 17.0. The highest BCUT2D eigenvalue weighted by atomic mass is 32.1. The van der Waals surface area contributed by atoms with Crippen molar-refractivity contribution in [3.05, 3.63) is 117 Å². The van der Waals surface area contributed by atoms with Crippen LogP contribution in [-0.2, 0) is 13.1 Å². The Bertz CT molecular complexity index is 1560. The van der Waals surface area contributed by atoms with Crippen molar-refractivity contribution >= 4 is 28.1 Å². The van der Waals surface area contributed by atoms with Gasteiger partial charge in [-0.25, -0.2) is 14.4 Å². The third kappa shape index (κ3) is 4.88. The Hall–Kier alpha value is -4.17. The lowest BCUT2D eigenvalue weighted by Gasteiger charge is -2.22. The topological polar surface area (TPSA) is 79.0 Å². The molecule has 5 rings (SSSR count). The normalized spacial score (nSPS) is 11.0. The molecule has 0 unspecified atom stereocenters. The zero-order valence-electron chi connectivity index (χ0n) is 18.9. The quantitative estimate of drug-likeness (QED) is 0.353. The van der Waals surface area contributed by atoms with Crippen LogP contribution in [0.5, 0.6) is 0 Å². The van der Waals surface area contributed by atoms with Crippen LogP contribution in [0, 0.1) is 12.7 Å². The van der Waals surface area contributed by atoms with E-state index < -0.39 is 0 Å². The van der Waals surface area contributed by atoms with E-state index in [2.05, 4.69) is 15.0 Å². The molecule has 174 valence electrons. The summed E-state index contributed by atoms with van der Waals surface area (Å²) in [6.45, 7) is 2.24. The number of aromatic amines is 1. The van der Waals surface area contributed by atoms with Gasteiger partial charge in [0.15, 0.2) is 0 Å². The van der Waals surface area contributed by atoms with Crippen molar-refractivity contribution in [1.29, 1.82) is 0 Å². The van der Waals surface area contributed by atoms with Crippen molar-refractivity contribution in [2.75, 3.05) is 0 Å². The monoisotopic (exact) mass is 484 g/mol. The molecule has 35 heavy (non-hydrogen) atoms. The fourth-order valence-corrected chi connectivity index (χ4v) is 4.89. The molecule has 2 heterocycles. The molecule has 0 aliphatic carbocycles. The highest BCUT2D eigenvalue weighted by molar-refractivity contribution is 7.17. The van der Waals surface area contributed by atoms with Crippen LogP contribution in [0.1, 0.15) is 26.8 Å². The first kappa shape index (κ1) is 22.6. The minimum Gasteiger partial charge on any atom is -0.326 e. The number of hydrogen-bond donors (Lipinski definition) is 1. The molecule has 0 fully saturated rings. The molecule has 3 aromatic carbocycles. The van der Waals surface area contributed by atoms with Crippen LogP contribution in [-0.4, -0.2) is 25.8 Å². The van der Waals surface area contributed by atoms with Crippen molar-refractivity contribution in [1.82, 2.24) is 19.9 Å². The second-order valence-corrected chi connectivity index (χ2v) is 9.12. The molecule has 0 radical (unpaired) electrons. The number of carbonyl (C=O) groups excluding carboxylic acids is 1. The fraction of sp³-hybridized carbons (Fsp3) is 0.111. The number of benzene rings is 3. The smallest absolute Gasteiger partial charge is 0.266 e. The van der Waals surface area contributed by atoms with Gasteiger partial charge in [-0.3, -0.25) is 9.59 Å². The van der Waals surface area contributed by atoms with Crippen molar-refractivity contribution in [2.24, 2.45) is 0 Å². The molecule has 6 nitrogen and oxygen atoms in total. The molecule has 1 N–H and O–H groups in total. The van der Waals surface area contributed by atoms with Crippen molar-refractivity contribution < 1.29 is 9.18 Å². The van der Waals surface area contributed by atoms with Crippen molar-refractivity contribution in [3.8, 4) is 10.6 Å². The Morgan fingerprint density at radius 3 is 2.43 bits per heavy atom. The van der Waals surface area contributed by atoms with E-state index in [0.717, 1.165) is 11.1 Å². The Morgan fingerprint density at radius 1 is 0.943 bits per heavy atom. The Labute approximate surface area is 204 Å². The maximum Gasteiger partial charge on any atom is 0.266 e. The number of H-pyrrole nitrogens is 1. The maximum atomic E-state index is 13.7. The van der Waals surface area contributed by atoms with E-state index in [0.29, 0.717) is 38.9 Å². The number of hydrogen-bond acceptors (Lipinski definition) is 5. The van der Waals surface area contributed by atoms with Gasteiger partial charge in [0, 0.05) is 12.1 Å². The SMILES string of the molecule is Cc1nc(-c2ccc(F)cc2)sc1C(=O)N(Cc1ccccc1)Cc1nc2ccccc2c(=O)[nH]1. The van der Waals surface area contributed by atoms with Gasteiger partial charge in [-0.15, -0.1) is 11.3 Å². The van der Waals surface area contributed by atoms with E-state index in [9.17, 15) is 14.0 Å². The highest BCUT2D eigenvalue weighted by Gasteiger charge is 2.23. The summed E-state index contributed by atoms with van der Waals surface area (Å²) in [4.78, 5) is 40.4. The van der Waals surface area contributed by atoms with Gasteiger partial charge in [-0.1, -0.05) is 42.5 Å². The van der Waals surface area contributed by atoms with Crippen LogP contribution in [0.3, 0.4) is 0 Å². The van der Waals surface area contributed by atoms with Crippen LogP contribution in [0.15, 0.2) is 83.7 Å². The largest absolute Gasteiger partial charge is 0.326 e. The lowest BCUT2D eigenvalue weighted by atomic mass is 10.2. The molecule has 0 bridgehead atoms. The van der Waals surface area contributed by atoms with Gasteiger partial charge in [-0.05, 0) is 48.9 Å². The van der Waals surface area contributed by atoms with Gasteiger partial charge < -0.3 is 9.88 Å². The molecule has 0 saturated heterocycles. The minimum atomic E-state index is -0.329. The molecule has 8 heteroatoms. The third-order valence-corrected chi connectivity index (χ3v) is 6.78. The van der Waals surface area contributed by atoms with Crippen molar-refractivity contribution in [2.45, 2.75) is 20.0 Å².